The lowest BCUT2D eigenvalue weighted by Gasteiger charge is -2.27. The zero-order valence-corrected chi connectivity index (χ0v) is 12.7. The SMILES string of the molecule is O=[N+]([O-])c1ccc(NCCN2CCNCC2)c(I)c1. The third-order valence-electron chi connectivity index (χ3n) is 3.12. The molecule has 0 amide bonds. The van der Waals surface area contributed by atoms with Gasteiger partial charge in [0.05, 0.1) is 4.92 Å². The average Bonchev–Trinajstić information content (AvgIpc) is 2.41. The summed E-state index contributed by atoms with van der Waals surface area (Å²) in [4.78, 5) is 12.7. The van der Waals surface area contributed by atoms with Gasteiger partial charge in [0.1, 0.15) is 0 Å². The van der Waals surface area contributed by atoms with Crippen LogP contribution in [0.15, 0.2) is 18.2 Å². The number of hydrogen-bond donors (Lipinski definition) is 2. The van der Waals surface area contributed by atoms with Crippen LogP contribution in [0.1, 0.15) is 0 Å². The minimum absolute atomic E-state index is 0.136. The number of rotatable bonds is 5. The maximum absolute atomic E-state index is 10.7. The highest BCUT2D eigenvalue weighted by Gasteiger charge is 2.10. The second kappa shape index (κ2) is 7.01. The zero-order valence-electron chi connectivity index (χ0n) is 10.6. The first-order valence-corrected chi connectivity index (χ1v) is 7.35. The van der Waals surface area contributed by atoms with Crippen molar-refractivity contribution in [3.05, 3.63) is 31.9 Å². The van der Waals surface area contributed by atoms with Crippen molar-refractivity contribution in [3.63, 3.8) is 0 Å². The van der Waals surface area contributed by atoms with Crippen LogP contribution in [0.5, 0.6) is 0 Å². The standard InChI is InChI=1S/C12H17IN4O2/c13-11-9-10(17(18)19)1-2-12(11)15-5-8-16-6-3-14-4-7-16/h1-2,9,14-15H,3-8H2. The van der Waals surface area contributed by atoms with Gasteiger partial charge in [-0.3, -0.25) is 15.0 Å². The van der Waals surface area contributed by atoms with Crippen molar-refractivity contribution in [2.24, 2.45) is 0 Å². The summed E-state index contributed by atoms with van der Waals surface area (Å²) in [5.41, 5.74) is 1.10. The fourth-order valence-corrected chi connectivity index (χ4v) is 2.73. The third-order valence-corrected chi connectivity index (χ3v) is 4.01. The first kappa shape index (κ1) is 14.5. The molecule has 0 aliphatic carbocycles. The van der Waals surface area contributed by atoms with Gasteiger partial charge in [-0.1, -0.05) is 0 Å². The second-order valence-electron chi connectivity index (χ2n) is 4.44. The van der Waals surface area contributed by atoms with Gasteiger partial charge < -0.3 is 10.6 Å². The Morgan fingerprint density at radius 2 is 2.16 bits per heavy atom. The summed E-state index contributed by atoms with van der Waals surface area (Å²) >= 11 is 2.12. The lowest BCUT2D eigenvalue weighted by atomic mass is 10.3. The van der Waals surface area contributed by atoms with Crippen LogP contribution in [0.25, 0.3) is 0 Å². The third kappa shape index (κ3) is 4.29. The van der Waals surface area contributed by atoms with E-state index in [-0.39, 0.29) is 10.6 Å². The van der Waals surface area contributed by atoms with Crippen molar-refractivity contribution < 1.29 is 4.92 Å². The Labute approximate surface area is 125 Å². The number of hydrogen-bond acceptors (Lipinski definition) is 5. The number of nitrogens with one attached hydrogen (secondary N) is 2. The van der Waals surface area contributed by atoms with Gasteiger partial charge >= 0.3 is 0 Å². The molecule has 1 aliphatic rings. The van der Waals surface area contributed by atoms with Crippen LogP contribution in [0.2, 0.25) is 0 Å². The number of halogens is 1. The normalized spacial score (nSPS) is 16.3. The van der Waals surface area contributed by atoms with Crippen LogP contribution in [0.3, 0.4) is 0 Å². The highest BCUT2D eigenvalue weighted by Crippen LogP contribution is 2.23. The Morgan fingerprint density at radius 3 is 2.79 bits per heavy atom. The lowest BCUT2D eigenvalue weighted by Crippen LogP contribution is -2.45. The molecule has 0 bridgehead atoms. The van der Waals surface area contributed by atoms with E-state index in [0.717, 1.165) is 48.5 Å². The minimum Gasteiger partial charge on any atom is -0.383 e. The molecule has 1 saturated heterocycles. The molecule has 6 nitrogen and oxygen atoms in total. The molecule has 0 radical (unpaired) electrons. The summed E-state index contributed by atoms with van der Waals surface area (Å²) in [5.74, 6) is 0. The van der Waals surface area contributed by atoms with Gasteiger partial charge in [0, 0.05) is 60.7 Å². The Bertz CT molecular complexity index is 449. The fraction of sp³-hybridized carbons (Fsp3) is 0.500. The van der Waals surface area contributed by atoms with Crippen molar-refractivity contribution >= 4 is 34.0 Å². The van der Waals surface area contributed by atoms with E-state index in [9.17, 15) is 10.1 Å². The summed E-state index contributed by atoms with van der Waals surface area (Å²) in [6.07, 6.45) is 0. The van der Waals surface area contributed by atoms with Crippen LogP contribution in [-0.2, 0) is 0 Å². The Morgan fingerprint density at radius 1 is 1.42 bits per heavy atom. The van der Waals surface area contributed by atoms with E-state index >= 15 is 0 Å². The average molecular weight is 376 g/mol. The number of anilines is 1. The molecule has 1 fully saturated rings. The fourth-order valence-electron chi connectivity index (χ4n) is 2.04. The number of benzene rings is 1. The Balaban J connectivity index is 1.83. The molecule has 0 saturated carbocycles. The molecule has 0 unspecified atom stereocenters. The van der Waals surface area contributed by atoms with Crippen LogP contribution in [0, 0.1) is 13.7 Å². The quantitative estimate of drug-likeness (QED) is 0.463. The molecule has 1 aromatic rings. The van der Waals surface area contributed by atoms with Gasteiger partial charge in [0.15, 0.2) is 0 Å². The maximum Gasteiger partial charge on any atom is 0.270 e. The number of nitrogens with zero attached hydrogens (tertiary/aromatic N) is 2. The van der Waals surface area contributed by atoms with E-state index in [1.807, 2.05) is 0 Å². The molecular formula is C12H17IN4O2. The lowest BCUT2D eigenvalue weighted by molar-refractivity contribution is -0.384. The van der Waals surface area contributed by atoms with E-state index in [0.29, 0.717) is 0 Å². The van der Waals surface area contributed by atoms with Gasteiger partial charge in [-0.25, -0.2) is 0 Å². The predicted octanol–water partition coefficient (Wildman–Crippen LogP) is 1.52. The van der Waals surface area contributed by atoms with Crippen molar-refractivity contribution in [1.82, 2.24) is 10.2 Å². The number of non-ortho nitro benzene ring substituents is 1. The highest BCUT2D eigenvalue weighted by atomic mass is 127. The van der Waals surface area contributed by atoms with Crippen LogP contribution in [-0.4, -0.2) is 49.1 Å². The second-order valence-corrected chi connectivity index (χ2v) is 5.60. The Hall–Kier alpha value is -0.930. The topological polar surface area (TPSA) is 70.4 Å². The maximum atomic E-state index is 10.7. The molecule has 2 N–H and O–H groups in total. The Kier molecular flexibility index (Phi) is 5.34. The summed E-state index contributed by atoms with van der Waals surface area (Å²) in [6, 6.07) is 4.90. The van der Waals surface area contributed by atoms with E-state index in [2.05, 4.69) is 38.1 Å². The number of piperazine rings is 1. The van der Waals surface area contributed by atoms with Gasteiger partial charge in [0.2, 0.25) is 0 Å². The highest BCUT2D eigenvalue weighted by molar-refractivity contribution is 14.1. The minimum atomic E-state index is -0.368. The molecule has 7 heteroatoms. The summed E-state index contributed by atoms with van der Waals surface area (Å²) in [6.45, 7) is 6.12. The van der Waals surface area contributed by atoms with Gasteiger partial charge in [-0.2, -0.15) is 0 Å². The van der Waals surface area contributed by atoms with Crippen LogP contribution < -0.4 is 10.6 Å². The molecule has 0 aromatic heterocycles. The van der Waals surface area contributed by atoms with E-state index < -0.39 is 0 Å². The van der Waals surface area contributed by atoms with Crippen molar-refractivity contribution in [1.29, 1.82) is 0 Å². The zero-order chi connectivity index (χ0) is 13.7. The molecule has 2 rings (SSSR count). The smallest absolute Gasteiger partial charge is 0.270 e. The van der Waals surface area contributed by atoms with Gasteiger partial charge in [-0.05, 0) is 28.7 Å². The first-order valence-electron chi connectivity index (χ1n) is 6.28. The summed E-state index contributed by atoms with van der Waals surface area (Å²) < 4.78 is 0.882. The molecule has 0 atom stereocenters. The molecule has 1 aromatic carbocycles. The molecule has 0 spiro atoms. The van der Waals surface area contributed by atoms with E-state index in [4.69, 9.17) is 0 Å². The molecule has 104 valence electrons. The predicted molar refractivity (Wildman–Crippen MR) is 83.6 cm³/mol. The monoisotopic (exact) mass is 376 g/mol. The number of nitro groups is 1. The largest absolute Gasteiger partial charge is 0.383 e. The summed E-state index contributed by atoms with van der Waals surface area (Å²) in [5, 5.41) is 17.3. The van der Waals surface area contributed by atoms with Gasteiger partial charge in [-0.15, -0.1) is 0 Å². The van der Waals surface area contributed by atoms with Gasteiger partial charge in [0.25, 0.3) is 5.69 Å². The van der Waals surface area contributed by atoms with Crippen LogP contribution >= 0.6 is 22.6 Å². The van der Waals surface area contributed by atoms with Crippen LogP contribution in [0.4, 0.5) is 11.4 Å². The van der Waals surface area contributed by atoms with Crippen molar-refractivity contribution in [3.8, 4) is 0 Å². The molecule has 1 heterocycles. The first-order chi connectivity index (χ1) is 9.16. The van der Waals surface area contributed by atoms with Crippen molar-refractivity contribution in [2.45, 2.75) is 0 Å². The number of nitro benzene ring substituents is 1. The molecule has 1 aliphatic heterocycles. The van der Waals surface area contributed by atoms with E-state index in [1.54, 1.807) is 12.1 Å². The van der Waals surface area contributed by atoms with Crippen molar-refractivity contribution in [2.75, 3.05) is 44.6 Å². The summed E-state index contributed by atoms with van der Waals surface area (Å²) in [7, 11) is 0. The van der Waals surface area contributed by atoms with E-state index in [1.165, 1.54) is 6.07 Å². The molecule has 19 heavy (non-hydrogen) atoms. The molecular weight excluding hydrogens is 359 g/mol.